The number of likely N-dealkylation sites (tertiary alicyclic amines) is 1. The third-order valence-corrected chi connectivity index (χ3v) is 3.03. The molecule has 1 aliphatic rings. The summed E-state index contributed by atoms with van der Waals surface area (Å²) < 4.78 is 10.0. The Hall–Kier alpha value is -1.29. The minimum atomic E-state index is -0.403. The van der Waals surface area contributed by atoms with Crippen LogP contribution in [-0.4, -0.2) is 26.2 Å². The summed E-state index contributed by atoms with van der Waals surface area (Å²) in [7, 11) is 1.36. The fourth-order valence-corrected chi connectivity index (χ4v) is 2.16. The van der Waals surface area contributed by atoms with Crippen molar-refractivity contribution in [3.05, 3.63) is 23.7 Å². The van der Waals surface area contributed by atoms with Gasteiger partial charge in [-0.2, -0.15) is 0 Å². The number of methoxy groups -OCH3 is 1. The number of ether oxygens (including phenoxy) is 1. The summed E-state index contributed by atoms with van der Waals surface area (Å²) in [5.74, 6) is 0.770. The lowest BCUT2D eigenvalue weighted by Gasteiger charge is -2.22. The number of quaternary nitrogens is 1. The van der Waals surface area contributed by atoms with Crippen molar-refractivity contribution in [1.29, 1.82) is 0 Å². The molecule has 88 valence electrons. The van der Waals surface area contributed by atoms with E-state index < -0.39 is 5.97 Å². The van der Waals surface area contributed by atoms with Gasteiger partial charge in [0.05, 0.1) is 20.2 Å². The number of esters is 1. The van der Waals surface area contributed by atoms with Crippen molar-refractivity contribution in [1.82, 2.24) is 0 Å². The van der Waals surface area contributed by atoms with Gasteiger partial charge >= 0.3 is 5.97 Å². The third-order valence-electron chi connectivity index (χ3n) is 3.03. The number of hydrogen-bond acceptors (Lipinski definition) is 3. The van der Waals surface area contributed by atoms with Gasteiger partial charge in [0.1, 0.15) is 6.54 Å². The van der Waals surface area contributed by atoms with E-state index in [1.54, 1.807) is 6.07 Å². The van der Waals surface area contributed by atoms with Crippen molar-refractivity contribution in [2.45, 2.75) is 25.8 Å². The normalized spacial score (nSPS) is 17.3. The van der Waals surface area contributed by atoms with Gasteiger partial charge in [0.2, 0.25) is 5.76 Å². The Morgan fingerprint density at radius 3 is 2.81 bits per heavy atom. The molecule has 1 aliphatic heterocycles. The molecule has 1 aromatic heterocycles. The van der Waals surface area contributed by atoms with Gasteiger partial charge in [-0.3, -0.25) is 0 Å². The van der Waals surface area contributed by atoms with Crippen molar-refractivity contribution in [2.75, 3.05) is 20.2 Å². The Bertz CT molecular complexity index is 353. The van der Waals surface area contributed by atoms with Crippen molar-refractivity contribution in [2.24, 2.45) is 0 Å². The highest BCUT2D eigenvalue weighted by atomic mass is 16.5. The molecule has 4 nitrogen and oxygen atoms in total. The van der Waals surface area contributed by atoms with Crippen LogP contribution >= 0.6 is 0 Å². The molecule has 2 rings (SSSR count). The van der Waals surface area contributed by atoms with E-state index in [1.807, 2.05) is 6.07 Å². The Morgan fingerprint density at radius 2 is 2.12 bits per heavy atom. The first-order valence-corrected chi connectivity index (χ1v) is 5.80. The van der Waals surface area contributed by atoms with Crippen LogP contribution in [0.4, 0.5) is 0 Å². The van der Waals surface area contributed by atoms with Crippen molar-refractivity contribution < 1.29 is 18.8 Å². The predicted molar refractivity (Wildman–Crippen MR) is 58.3 cm³/mol. The molecule has 2 heterocycles. The molecule has 1 aromatic rings. The van der Waals surface area contributed by atoms with Crippen LogP contribution in [-0.2, 0) is 11.3 Å². The van der Waals surface area contributed by atoms with Crippen LogP contribution in [0.3, 0.4) is 0 Å². The predicted octanol–water partition coefficient (Wildman–Crippen LogP) is 0.635. The van der Waals surface area contributed by atoms with Gasteiger partial charge in [-0.05, 0) is 31.4 Å². The maximum atomic E-state index is 11.2. The average Bonchev–Trinajstić information content (AvgIpc) is 2.78. The molecular formula is C12H18NO3+. The second kappa shape index (κ2) is 5.16. The molecule has 4 heteroatoms. The first kappa shape index (κ1) is 11.2. The molecule has 0 saturated carbocycles. The molecule has 0 aliphatic carbocycles. The molecule has 1 N–H and O–H groups in total. The standard InChI is InChI=1S/C12H17NO3/c1-15-12(14)11-6-5-10(16-11)9-13-7-3-2-4-8-13/h5-6H,2-4,7-9H2,1H3/p+1. The molecule has 1 saturated heterocycles. The molecule has 1 fully saturated rings. The average molecular weight is 224 g/mol. The topological polar surface area (TPSA) is 43.9 Å². The summed E-state index contributed by atoms with van der Waals surface area (Å²) in [6, 6.07) is 3.55. The second-order valence-electron chi connectivity index (χ2n) is 4.24. The van der Waals surface area contributed by atoms with E-state index in [9.17, 15) is 4.79 Å². The summed E-state index contributed by atoms with van der Waals surface area (Å²) in [5, 5.41) is 0. The highest BCUT2D eigenvalue weighted by Gasteiger charge is 2.17. The molecular weight excluding hydrogens is 206 g/mol. The highest BCUT2D eigenvalue weighted by Crippen LogP contribution is 2.08. The van der Waals surface area contributed by atoms with Gasteiger partial charge in [0.15, 0.2) is 5.76 Å². The van der Waals surface area contributed by atoms with Gasteiger partial charge in [-0.25, -0.2) is 4.79 Å². The van der Waals surface area contributed by atoms with E-state index in [1.165, 1.54) is 44.4 Å². The first-order valence-electron chi connectivity index (χ1n) is 5.80. The van der Waals surface area contributed by atoms with Gasteiger partial charge in [0.25, 0.3) is 0 Å². The molecule has 0 atom stereocenters. The van der Waals surface area contributed by atoms with E-state index in [2.05, 4.69) is 4.74 Å². The highest BCUT2D eigenvalue weighted by molar-refractivity contribution is 5.86. The zero-order valence-corrected chi connectivity index (χ0v) is 9.62. The number of rotatable bonds is 3. The number of furan rings is 1. The van der Waals surface area contributed by atoms with Crippen LogP contribution in [0.5, 0.6) is 0 Å². The number of hydrogen-bond donors (Lipinski definition) is 1. The van der Waals surface area contributed by atoms with E-state index >= 15 is 0 Å². The van der Waals surface area contributed by atoms with E-state index in [0.29, 0.717) is 5.76 Å². The summed E-state index contributed by atoms with van der Waals surface area (Å²) in [6.07, 6.45) is 3.93. The lowest BCUT2D eigenvalue weighted by atomic mass is 10.1. The molecule has 0 unspecified atom stereocenters. The summed E-state index contributed by atoms with van der Waals surface area (Å²) in [6.45, 7) is 3.28. The number of nitrogens with one attached hydrogen (secondary N) is 1. The zero-order chi connectivity index (χ0) is 11.4. The summed E-state index contributed by atoms with van der Waals surface area (Å²) in [4.78, 5) is 12.7. The molecule has 0 radical (unpaired) electrons. The van der Waals surface area contributed by atoms with Crippen molar-refractivity contribution in [3.63, 3.8) is 0 Å². The van der Waals surface area contributed by atoms with Crippen molar-refractivity contribution in [3.8, 4) is 0 Å². The second-order valence-corrected chi connectivity index (χ2v) is 4.24. The summed E-state index contributed by atoms with van der Waals surface area (Å²) in [5.41, 5.74) is 0. The van der Waals surface area contributed by atoms with E-state index in [4.69, 9.17) is 4.42 Å². The molecule has 0 aromatic carbocycles. The number of carbonyl (C=O) groups excluding carboxylic acids is 1. The maximum absolute atomic E-state index is 11.2. The van der Waals surface area contributed by atoms with Crippen LogP contribution in [0.2, 0.25) is 0 Å². The Labute approximate surface area is 95.2 Å². The van der Waals surface area contributed by atoms with Crippen molar-refractivity contribution >= 4 is 5.97 Å². The van der Waals surface area contributed by atoms with Crippen LogP contribution in [0.15, 0.2) is 16.5 Å². The van der Waals surface area contributed by atoms with E-state index in [0.717, 1.165) is 12.3 Å². The van der Waals surface area contributed by atoms with Gasteiger partial charge in [-0.1, -0.05) is 0 Å². The van der Waals surface area contributed by atoms with Crippen LogP contribution in [0.1, 0.15) is 35.6 Å². The number of carbonyl (C=O) groups is 1. The minimum absolute atomic E-state index is 0.300. The van der Waals surface area contributed by atoms with Gasteiger partial charge in [0, 0.05) is 0 Å². The first-order chi connectivity index (χ1) is 7.79. The van der Waals surface area contributed by atoms with Crippen LogP contribution in [0.25, 0.3) is 0 Å². The van der Waals surface area contributed by atoms with Crippen LogP contribution in [0, 0.1) is 0 Å². The lowest BCUT2D eigenvalue weighted by molar-refractivity contribution is -0.919. The lowest BCUT2D eigenvalue weighted by Crippen LogP contribution is -3.11. The van der Waals surface area contributed by atoms with Gasteiger partial charge in [-0.15, -0.1) is 0 Å². The quantitative estimate of drug-likeness (QED) is 0.766. The SMILES string of the molecule is COC(=O)c1ccc(C[NH+]2CCCCC2)o1. The molecule has 0 amide bonds. The smallest absolute Gasteiger partial charge is 0.373 e. The summed E-state index contributed by atoms with van der Waals surface area (Å²) >= 11 is 0. The Kier molecular flexibility index (Phi) is 3.62. The molecule has 16 heavy (non-hydrogen) atoms. The maximum Gasteiger partial charge on any atom is 0.373 e. The fourth-order valence-electron chi connectivity index (χ4n) is 2.16. The minimum Gasteiger partial charge on any atom is -0.463 e. The van der Waals surface area contributed by atoms with E-state index in [-0.39, 0.29) is 0 Å². The Morgan fingerprint density at radius 1 is 1.38 bits per heavy atom. The fraction of sp³-hybridized carbons (Fsp3) is 0.583. The van der Waals surface area contributed by atoms with Crippen LogP contribution < -0.4 is 4.90 Å². The van der Waals surface area contributed by atoms with Gasteiger partial charge < -0.3 is 14.1 Å². The number of piperidine rings is 1. The zero-order valence-electron chi connectivity index (χ0n) is 9.62. The monoisotopic (exact) mass is 224 g/mol. The Balaban J connectivity index is 1.94. The third kappa shape index (κ3) is 2.64. The molecule has 0 bridgehead atoms. The molecule has 0 spiro atoms. The largest absolute Gasteiger partial charge is 0.463 e.